The van der Waals surface area contributed by atoms with Gasteiger partial charge in [0, 0.05) is 62.8 Å². The Morgan fingerprint density at radius 3 is 1.77 bits per heavy atom. The summed E-state index contributed by atoms with van der Waals surface area (Å²) in [5.41, 5.74) is 16.2. The zero-order chi connectivity index (χ0) is 37.0. The van der Waals surface area contributed by atoms with Crippen LogP contribution in [-0.4, -0.2) is 24.1 Å². The SMILES string of the molecule is c1ccc(-n2c3cc(-c4cccc5c6ccccc6n(-c6cccc(-c7cc(-c8ccccn8)cc(-c8ccccn8)c7)c6)c45)ccc3c3ncccc32)cc1. The normalized spacial score (nSPS) is 11.6. The molecule has 0 spiro atoms. The molecule has 262 valence electrons. The van der Waals surface area contributed by atoms with E-state index in [0.717, 1.165) is 78.0 Å². The average molecular weight is 716 g/mol. The molecule has 0 saturated carbocycles. The molecule has 5 heterocycles. The molecule has 0 unspecified atom stereocenters. The lowest BCUT2D eigenvalue weighted by molar-refractivity contribution is 1.17. The smallest absolute Gasteiger partial charge is 0.0963 e. The second kappa shape index (κ2) is 13.0. The Labute approximate surface area is 323 Å². The van der Waals surface area contributed by atoms with Gasteiger partial charge in [-0.05, 0) is 114 Å². The molecule has 0 aliphatic heterocycles. The summed E-state index contributed by atoms with van der Waals surface area (Å²) in [4.78, 5) is 14.3. The van der Waals surface area contributed by atoms with Gasteiger partial charge in [-0.2, -0.15) is 0 Å². The molecule has 5 nitrogen and oxygen atoms in total. The molecule has 0 amide bonds. The van der Waals surface area contributed by atoms with Crippen LogP contribution in [0.1, 0.15) is 0 Å². The van der Waals surface area contributed by atoms with Crippen LogP contribution in [0.25, 0.3) is 99.9 Å². The fourth-order valence-electron chi connectivity index (χ4n) is 8.36. The molecule has 0 radical (unpaired) electrons. The highest BCUT2D eigenvalue weighted by Gasteiger charge is 2.19. The summed E-state index contributed by atoms with van der Waals surface area (Å²) >= 11 is 0. The van der Waals surface area contributed by atoms with Gasteiger partial charge in [0.25, 0.3) is 0 Å². The summed E-state index contributed by atoms with van der Waals surface area (Å²) in [5, 5.41) is 3.56. The first-order valence-corrected chi connectivity index (χ1v) is 18.8. The first-order valence-electron chi connectivity index (χ1n) is 18.8. The molecule has 0 saturated heterocycles. The first kappa shape index (κ1) is 31.9. The van der Waals surface area contributed by atoms with E-state index in [9.17, 15) is 0 Å². The first-order chi connectivity index (χ1) is 27.8. The Balaban J connectivity index is 1.13. The van der Waals surface area contributed by atoms with Gasteiger partial charge in [-0.25, -0.2) is 0 Å². The van der Waals surface area contributed by atoms with Gasteiger partial charge in [0.15, 0.2) is 0 Å². The summed E-state index contributed by atoms with van der Waals surface area (Å²) in [7, 11) is 0. The Kier molecular flexibility index (Phi) is 7.42. The molecule has 0 bridgehead atoms. The molecule has 56 heavy (non-hydrogen) atoms. The maximum Gasteiger partial charge on any atom is 0.0963 e. The van der Waals surface area contributed by atoms with Crippen molar-refractivity contribution >= 4 is 43.7 Å². The number of para-hydroxylation sites is 3. The third-order valence-corrected chi connectivity index (χ3v) is 10.8. The average Bonchev–Trinajstić information content (AvgIpc) is 3.80. The van der Waals surface area contributed by atoms with Crippen molar-refractivity contribution in [1.82, 2.24) is 24.1 Å². The molecule has 5 heteroatoms. The van der Waals surface area contributed by atoms with Crippen molar-refractivity contribution < 1.29 is 0 Å². The van der Waals surface area contributed by atoms with Gasteiger partial charge in [0.05, 0.1) is 39.0 Å². The van der Waals surface area contributed by atoms with Gasteiger partial charge in [-0.1, -0.05) is 84.9 Å². The maximum absolute atomic E-state index is 4.84. The van der Waals surface area contributed by atoms with Crippen LogP contribution in [0.3, 0.4) is 0 Å². The summed E-state index contributed by atoms with van der Waals surface area (Å²) in [6, 6.07) is 64.6. The van der Waals surface area contributed by atoms with Gasteiger partial charge in [0.1, 0.15) is 0 Å². The molecular weight excluding hydrogens is 683 g/mol. The third-order valence-electron chi connectivity index (χ3n) is 10.8. The van der Waals surface area contributed by atoms with Crippen LogP contribution in [0, 0.1) is 0 Å². The number of benzene rings is 6. The van der Waals surface area contributed by atoms with E-state index < -0.39 is 0 Å². The Morgan fingerprint density at radius 2 is 0.982 bits per heavy atom. The second-order valence-electron chi connectivity index (χ2n) is 14.1. The molecule has 0 aliphatic carbocycles. The van der Waals surface area contributed by atoms with Crippen molar-refractivity contribution in [1.29, 1.82) is 0 Å². The highest BCUT2D eigenvalue weighted by atomic mass is 15.0. The fourth-order valence-corrected chi connectivity index (χ4v) is 8.36. The van der Waals surface area contributed by atoms with Crippen molar-refractivity contribution in [3.63, 3.8) is 0 Å². The number of nitrogens with zero attached hydrogens (tertiary/aromatic N) is 5. The van der Waals surface area contributed by atoms with Gasteiger partial charge >= 0.3 is 0 Å². The lowest BCUT2D eigenvalue weighted by Gasteiger charge is -2.15. The standard InChI is InChI=1S/C51H33N5/c1-2-14-39(15-3-1)55-48-23-12-28-54-50(48)44-25-24-35(33-49(44)55)41-18-11-19-43-42-17-4-5-22-47(42)56(51(41)43)40-16-10-13-34(32-40)36-29-37(45-20-6-8-26-52-45)31-38(30-36)46-21-7-9-27-53-46/h1-33H. The maximum atomic E-state index is 4.84. The molecule has 11 rings (SSSR count). The lowest BCUT2D eigenvalue weighted by Crippen LogP contribution is -1.97. The Bertz CT molecular complexity index is 3180. The zero-order valence-corrected chi connectivity index (χ0v) is 30.3. The van der Waals surface area contributed by atoms with Crippen molar-refractivity contribution in [3.8, 4) is 56.1 Å². The van der Waals surface area contributed by atoms with Gasteiger partial charge in [-0.3, -0.25) is 15.0 Å². The number of rotatable bonds is 6. The van der Waals surface area contributed by atoms with Crippen LogP contribution in [0.15, 0.2) is 201 Å². The topological polar surface area (TPSA) is 48.5 Å². The molecule has 5 aromatic heterocycles. The minimum absolute atomic E-state index is 0.925. The van der Waals surface area contributed by atoms with E-state index in [1.54, 1.807) is 0 Å². The van der Waals surface area contributed by atoms with Crippen molar-refractivity contribution in [2.45, 2.75) is 0 Å². The van der Waals surface area contributed by atoms with Crippen LogP contribution in [0.5, 0.6) is 0 Å². The van der Waals surface area contributed by atoms with Crippen LogP contribution in [0.4, 0.5) is 0 Å². The molecule has 0 atom stereocenters. The summed E-state index contributed by atoms with van der Waals surface area (Å²) in [5.74, 6) is 0. The minimum atomic E-state index is 0.925. The van der Waals surface area contributed by atoms with Gasteiger partial charge < -0.3 is 9.13 Å². The molecule has 0 fully saturated rings. The monoisotopic (exact) mass is 715 g/mol. The lowest BCUT2D eigenvalue weighted by atomic mass is 9.96. The number of aromatic nitrogens is 5. The van der Waals surface area contributed by atoms with E-state index in [1.807, 2.05) is 48.9 Å². The molecule has 6 aromatic carbocycles. The minimum Gasteiger partial charge on any atom is -0.309 e. The highest BCUT2D eigenvalue weighted by Crippen LogP contribution is 2.41. The van der Waals surface area contributed by atoms with E-state index in [2.05, 4.69) is 161 Å². The quantitative estimate of drug-likeness (QED) is 0.172. The van der Waals surface area contributed by atoms with Crippen LogP contribution < -0.4 is 0 Å². The number of hydrogen-bond donors (Lipinski definition) is 0. The van der Waals surface area contributed by atoms with Crippen molar-refractivity contribution in [2.75, 3.05) is 0 Å². The Morgan fingerprint density at radius 1 is 0.321 bits per heavy atom. The summed E-state index contributed by atoms with van der Waals surface area (Å²) in [6.45, 7) is 0. The molecule has 0 N–H and O–H groups in total. The van der Waals surface area contributed by atoms with Gasteiger partial charge in [-0.15, -0.1) is 0 Å². The fraction of sp³-hybridized carbons (Fsp3) is 0. The molecule has 11 aromatic rings. The summed E-state index contributed by atoms with van der Waals surface area (Å²) < 4.78 is 4.77. The van der Waals surface area contributed by atoms with Crippen LogP contribution in [-0.2, 0) is 0 Å². The number of pyridine rings is 3. The predicted molar refractivity (Wildman–Crippen MR) is 230 cm³/mol. The summed E-state index contributed by atoms with van der Waals surface area (Å²) in [6.07, 6.45) is 5.57. The number of hydrogen-bond acceptors (Lipinski definition) is 3. The van der Waals surface area contributed by atoms with Crippen molar-refractivity contribution in [3.05, 3.63) is 201 Å². The van der Waals surface area contributed by atoms with Crippen LogP contribution >= 0.6 is 0 Å². The van der Waals surface area contributed by atoms with E-state index >= 15 is 0 Å². The van der Waals surface area contributed by atoms with E-state index in [4.69, 9.17) is 15.0 Å². The third kappa shape index (κ3) is 5.21. The molecular formula is C51H33N5. The zero-order valence-electron chi connectivity index (χ0n) is 30.3. The number of fused-ring (bicyclic) bond motifs is 6. The van der Waals surface area contributed by atoms with Crippen LogP contribution in [0.2, 0.25) is 0 Å². The van der Waals surface area contributed by atoms with Gasteiger partial charge in [0.2, 0.25) is 0 Å². The van der Waals surface area contributed by atoms with Crippen molar-refractivity contribution in [2.24, 2.45) is 0 Å². The highest BCUT2D eigenvalue weighted by molar-refractivity contribution is 6.15. The molecule has 0 aliphatic rings. The Hall–Kier alpha value is -7.63. The second-order valence-corrected chi connectivity index (χ2v) is 14.1. The van der Waals surface area contributed by atoms with E-state index in [0.29, 0.717) is 0 Å². The predicted octanol–water partition coefficient (Wildman–Crippen LogP) is 12.7. The van der Waals surface area contributed by atoms with E-state index in [-0.39, 0.29) is 0 Å². The van der Waals surface area contributed by atoms with E-state index in [1.165, 1.54) is 21.9 Å². The largest absolute Gasteiger partial charge is 0.309 e.